The molecule has 0 bridgehead atoms. The first-order valence-corrected chi connectivity index (χ1v) is 7.60. The topological polar surface area (TPSA) is 38.7 Å². The van der Waals surface area contributed by atoms with Crippen LogP contribution >= 0.6 is 0 Å². The maximum absolute atomic E-state index is 10.7. The molecule has 3 fully saturated rings. The minimum atomic E-state index is -0.148. The molecule has 2 heterocycles. The first-order valence-electron chi connectivity index (χ1n) is 7.60. The quantitative estimate of drug-likeness (QED) is 0.822. The lowest BCUT2D eigenvalue weighted by molar-refractivity contribution is -0.167. The van der Waals surface area contributed by atoms with Gasteiger partial charge in [-0.1, -0.05) is 6.92 Å². The standard InChI is InChI=1S/C15H26O3/c1-11-10-17-7-4-13(11)14(16)12-3-8-18-15(9-12)5-2-6-15/h11-14,16H,2-10H2,1H3. The number of hydrogen-bond acceptors (Lipinski definition) is 3. The lowest BCUT2D eigenvalue weighted by Gasteiger charge is -2.49. The third kappa shape index (κ3) is 2.33. The second-order valence-electron chi connectivity index (χ2n) is 6.63. The van der Waals surface area contributed by atoms with Crippen LogP contribution < -0.4 is 0 Å². The lowest BCUT2D eigenvalue weighted by Crippen LogP contribution is -2.50. The number of aliphatic hydroxyl groups excluding tert-OH is 1. The summed E-state index contributed by atoms with van der Waals surface area (Å²) in [5.41, 5.74) is 0.151. The van der Waals surface area contributed by atoms with E-state index in [4.69, 9.17) is 9.47 Å². The molecule has 1 spiro atoms. The maximum Gasteiger partial charge on any atom is 0.0686 e. The summed E-state index contributed by atoms with van der Waals surface area (Å²) in [6.45, 7) is 4.70. The Morgan fingerprint density at radius 1 is 1.22 bits per heavy atom. The fourth-order valence-electron chi connectivity index (χ4n) is 4.03. The smallest absolute Gasteiger partial charge is 0.0686 e. The monoisotopic (exact) mass is 254 g/mol. The van der Waals surface area contributed by atoms with Crippen LogP contribution in [0.25, 0.3) is 0 Å². The van der Waals surface area contributed by atoms with E-state index in [0.29, 0.717) is 17.8 Å². The number of aliphatic hydroxyl groups is 1. The number of hydrogen-bond donors (Lipinski definition) is 1. The van der Waals surface area contributed by atoms with E-state index < -0.39 is 0 Å². The predicted octanol–water partition coefficient (Wildman–Crippen LogP) is 2.37. The molecule has 4 unspecified atom stereocenters. The second-order valence-corrected chi connectivity index (χ2v) is 6.63. The van der Waals surface area contributed by atoms with Crippen molar-refractivity contribution in [3.63, 3.8) is 0 Å². The van der Waals surface area contributed by atoms with Crippen LogP contribution in [0.3, 0.4) is 0 Å². The molecule has 1 N–H and O–H groups in total. The van der Waals surface area contributed by atoms with Gasteiger partial charge in [-0.2, -0.15) is 0 Å². The Hall–Kier alpha value is -0.120. The van der Waals surface area contributed by atoms with Crippen molar-refractivity contribution in [1.29, 1.82) is 0 Å². The van der Waals surface area contributed by atoms with Crippen LogP contribution in [-0.4, -0.2) is 36.6 Å². The van der Waals surface area contributed by atoms with E-state index in [-0.39, 0.29) is 11.7 Å². The molecule has 0 aromatic carbocycles. The van der Waals surface area contributed by atoms with Gasteiger partial charge in [-0.15, -0.1) is 0 Å². The largest absolute Gasteiger partial charge is 0.393 e. The average Bonchev–Trinajstić information content (AvgIpc) is 2.37. The molecule has 2 aliphatic heterocycles. The van der Waals surface area contributed by atoms with Crippen molar-refractivity contribution in [2.24, 2.45) is 17.8 Å². The molecule has 0 aromatic heterocycles. The van der Waals surface area contributed by atoms with Gasteiger partial charge in [-0.3, -0.25) is 0 Å². The van der Waals surface area contributed by atoms with Gasteiger partial charge in [-0.05, 0) is 56.3 Å². The van der Waals surface area contributed by atoms with Gasteiger partial charge in [0.25, 0.3) is 0 Å². The molecule has 3 rings (SSSR count). The van der Waals surface area contributed by atoms with E-state index in [1.165, 1.54) is 19.3 Å². The molecule has 0 radical (unpaired) electrons. The summed E-state index contributed by atoms with van der Waals surface area (Å²) in [7, 11) is 0. The van der Waals surface area contributed by atoms with E-state index in [1.54, 1.807) is 0 Å². The van der Waals surface area contributed by atoms with Gasteiger partial charge in [0.15, 0.2) is 0 Å². The molecule has 3 nitrogen and oxygen atoms in total. The predicted molar refractivity (Wildman–Crippen MR) is 69.4 cm³/mol. The van der Waals surface area contributed by atoms with E-state index in [0.717, 1.165) is 39.1 Å². The molecule has 4 atom stereocenters. The van der Waals surface area contributed by atoms with Crippen molar-refractivity contribution in [2.75, 3.05) is 19.8 Å². The summed E-state index contributed by atoms with van der Waals surface area (Å²) < 4.78 is 11.4. The normalized spacial score (nSPS) is 41.3. The lowest BCUT2D eigenvalue weighted by atomic mass is 9.68. The molecule has 1 aliphatic carbocycles. The van der Waals surface area contributed by atoms with Crippen LogP contribution in [0, 0.1) is 17.8 Å². The van der Waals surface area contributed by atoms with Crippen LogP contribution in [0.1, 0.15) is 45.4 Å². The van der Waals surface area contributed by atoms with E-state index in [9.17, 15) is 5.11 Å². The van der Waals surface area contributed by atoms with Crippen LogP contribution in [0.5, 0.6) is 0 Å². The Kier molecular flexibility index (Phi) is 3.65. The molecular weight excluding hydrogens is 228 g/mol. The SMILES string of the molecule is CC1COCCC1C(O)C1CCOC2(CCC2)C1. The highest BCUT2D eigenvalue weighted by molar-refractivity contribution is 4.96. The van der Waals surface area contributed by atoms with Crippen molar-refractivity contribution in [3.8, 4) is 0 Å². The summed E-state index contributed by atoms with van der Waals surface area (Å²) in [5, 5.41) is 10.7. The molecule has 18 heavy (non-hydrogen) atoms. The zero-order chi connectivity index (χ0) is 12.6. The van der Waals surface area contributed by atoms with Crippen molar-refractivity contribution in [2.45, 2.75) is 57.2 Å². The van der Waals surface area contributed by atoms with Gasteiger partial charge in [0.1, 0.15) is 0 Å². The van der Waals surface area contributed by atoms with Crippen LogP contribution in [0.15, 0.2) is 0 Å². The van der Waals surface area contributed by atoms with Crippen molar-refractivity contribution in [3.05, 3.63) is 0 Å². The molecule has 3 heteroatoms. The summed E-state index contributed by atoms with van der Waals surface area (Å²) in [6.07, 6.45) is 6.71. The van der Waals surface area contributed by atoms with E-state index in [1.807, 2.05) is 0 Å². The van der Waals surface area contributed by atoms with Gasteiger partial charge in [0.2, 0.25) is 0 Å². The fourth-order valence-corrected chi connectivity index (χ4v) is 4.03. The highest BCUT2D eigenvalue weighted by Crippen LogP contribution is 2.46. The highest BCUT2D eigenvalue weighted by atomic mass is 16.5. The van der Waals surface area contributed by atoms with Crippen LogP contribution in [0.4, 0.5) is 0 Å². The molecule has 2 saturated heterocycles. The molecule has 1 saturated carbocycles. The minimum Gasteiger partial charge on any atom is -0.393 e. The number of rotatable bonds is 2. The third-order valence-electron chi connectivity index (χ3n) is 5.42. The molecular formula is C15H26O3. The minimum absolute atomic E-state index is 0.148. The van der Waals surface area contributed by atoms with Gasteiger partial charge < -0.3 is 14.6 Å². The average molecular weight is 254 g/mol. The Bertz CT molecular complexity index is 287. The third-order valence-corrected chi connectivity index (χ3v) is 5.42. The summed E-state index contributed by atoms with van der Waals surface area (Å²) >= 11 is 0. The summed E-state index contributed by atoms with van der Waals surface area (Å²) in [4.78, 5) is 0. The molecule has 104 valence electrons. The first kappa shape index (κ1) is 12.9. The van der Waals surface area contributed by atoms with Gasteiger partial charge in [-0.25, -0.2) is 0 Å². The number of ether oxygens (including phenoxy) is 2. The molecule has 0 amide bonds. The van der Waals surface area contributed by atoms with Crippen LogP contribution in [-0.2, 0) is 9.47 Å². The zero-order valence-corrected chi connectivity index (χ0v) is 11.4. The van der Waals surface area contributed by atoms with E-state index in [2.05, 4.69) is 6.92 Å². The van der Waals surface area contributed by atoms with Crippen LogP contribution in [0.2, 0.25) is 0 Å². The van der Waals surface area contributed by atoms with E-state index >= 15 is 0 Å². The maximum atomic E-state index is 10.7. The fraction of sp³-hybridized carbons (Fsp3) is 1.00. The molecule has 3 aliphatic rings. The van der Waals surface area contributed by atoms with Gasteiger partial charge in [0.05, 0.1) is 11.7 Å². The summed E-state index contributed by atoms with van der Waals surface area (Å²) in [6, 6.07) is 0. The Morgan fingerprint density at radius 2 is 2.06 bits per heavy atom. The second kappa shape index (κ2) is 5.10. The summed E-state index contributed by atoms with van der Waals surface area (Å²) in [5.74, 6) is 1.37. The first-order chi connectivity index (χ1) is 8.70. The highest BCUT2D eigenvalue weighted by Gasteiger charge is 2.45. The Labute approximate surface area is 110 Å². The zero-order valence-electron chi connectivity index (χ0n) is 11.4. The van der Waals surface area contributed by atoms with Gasteiger partial charge in [0, 0.05) is 19.8 Å². The molecule has 0 aromatic rings. The Balaban J connectivity index is 1.62. The van der Waals surface area contributed by atoms with Gasteiger partial charge >= 0.3 is 0 Å². The van der Waals surface area contributed by atoms with Crippen molar-refractivity contribution < 1.29 is 14.6 Å². The van der Waals surface area contributed by atoms with Crippen molar-refractivity contribution >= 4 is 0 Å². The van der Waals surface area contributed by atoms with Crippen molar-refractivity contribution in [1.82, 2.24) is 0 Å². The Morgan fingerprint density at radius 3 is 2.72 bits per heavy atom.